The van der Waals surface area contributed by atoms with Crippen molar-refractivity contribution in [3.8, 4) is 11.8 Å². The molecule has 0 spiro atoms. The zero-order chi connectivity index (χ0) is 48.7. The number of carboxylic acid groups (broad SMARTS) is 4. The molecule has 4 heterocycles. The highest BCUT2D eigenvalue weighted by Crippen LogP contribution is 2.29. The lowest BCUT2D eigenvalue weighted by Crippen LogP contribution is -2.51. The minimum absolute atomic E-state index is 0.00527. The average Bonchev–Trinajstić information content (AvgIpc) is 3.29. The topological polar surface area (TPSA) is 271 Å². The summed E-state index contributed by atoms with van der Waals surface area (Å²) in [5, 5.41) is 44.3. The number of hydrogen-bond donors (Lipinski definition) is 6. The quantitative estimate of drug-likeness (QED) is 0.0690. The number of Topliss-reactive ketones (excluding diaryl/α,β-unsaturated/α-hetero) is 2. The number of aliphatic carboxylic acids is 4. The maximum Gasteiger partial charge on any atom is 0.317 e. The van der Waals surface area contributed by atoms with Crippen molar-refractivity contribution in [1.29, 1.82) is 0 Å². The van der Waals surface area contributed by atoms with E-state index in [0.29, 0.717) is 43.0 Å². The smallest absolute Gasteiger partial charge is 0.317 e. The van der Waals surface area contributed by atoms with Crippen molar-refractivity contribution < 1.29 is 58.8 Å². The number of amides is 2. The lowest BCUT2D eigenvalue weighted by Gasteiger charge is -2.35. The third-order valence-electron chi connectivity index (χ3n) is 12.9. The van der Waals surface area contributed by atoms with Gasteiger partial charge < -0.3 is 36.0 Å². The molecule has 0 aromatic carbocycles. The van der Waals surface area contributed by atoms with Crippen LogP contribution in [0.4, 0.5) is 0 Å². The Balaban J connectivity index is 1.26. The van der Waals surface area contributed by atoms with Crippen LogP contribution in [0.15, 0.2) is 18.5 Å². The molecule has 3 atom stereocenters. The van der Waals surface area contributed by atoms with Crippen molar-refractivity contribution in [2.45, 2.75) is 89.5 Å². The van der Waals surface area contributed by atoms with Gasteiger partial charge in [0.1, 0.15) is 11.6 Å². The molecule has 2 amide bonds. The highest BCUT2D eigenvalue weighted by molar-refractivity contribution is 5.88. The fourth-order valence-corrected chi connectivity index (χ4v) is 8.95. The molecule has 3 fully saturated rings. The number of ketones is 2. The number of nitrogens with zero attached hydrogens (tertiary/aromatic N) is 6. The molecule has 3 aliphatic rings. The molecule has 3 saturated heterocycles. The zero-order valence-electron chi connectivity index (χ0n) is 38.9. The van der Waals surface area contributed by atoms with Gasteiger partial charge in [0.2, 0.25) is 11.8 Å². The van der Waals surface area contributed by atoms with Gasteiger partial charge in [-0.15, -0.1) is 0 Å². The Bertz CT molecular complexity index is 1880. The highest BCUT2D eigenvalue weighted by atomic mass is 16.4. The zero-order valence-corrected chi connectivity index (χ0v) is 38.9. The monoisotopic (exact) mass is 939 g/mol. The van der Waals surface area contributed by atoms with Gasteiger partial charge in [-0.2, -0.15) is 0 Å². The van der Waals surface area contributed by atoms with Gasteiger partial charge in [-0.3, -0.25) is 62.9 Å². The number of aromatic nitrogens is 1. The van der Waals surface area contributed by atoms with Gasteiger partial charge in [0.15, 0.2) is 0 Å². The Labute approximate surface area is 392 Å². The summed E-state index contributed by atoms with van der Waals surface area (Å²) in [6.07, 6.45) is 7.78. The standard InChI is InChI=1S/C47H70N8O12/c1-34(54-23-21-52(32-46(64)65)19-17-51(31-45(62)63)18-20-53(22-24-54)33-47(66)67)40(56)8-9-42(58)50-13-3-2-5-36-25-39(29-49-28-36)38(27-44(60)61)26-41(57)37-6-4-16-55(30-37)43(59)10-7-35-11-14-48-15-12-35/h25,28-29,34-35,37-38,48H,3-4,6-24,26-27,30-33H2,1H3,(H,50,58)(H,60,61)(H,62,63)(H,64,65)(H,66,67)/t34?,37-,38+/m1/s1. The van der Waals surface area contributed by atoms with Gasteiger partial charge in [-0.05, 0) is 69.7 Å². The summed E-state index contributed by atoms with van der Waals surface area (Å²) in [5.41, 5.74) is 1.10. The Morgan fingerprint density at radius 2 is 1.34 bits per heavy atom. The first-order chi connectivity index (χ1) is 32.1. The molecule has 6 N–H and O–H groups in total. The van der Waals surface area contributed by atoms with Crippen LogP contribution >= 0.6 is 0 Å². The van der Waals surface area contributed by atoms with Crippen LogP contribution in [0.25, 0.3) is 0 Å². The second kappa shape index (κ2) is 28.8. The number of hydrogen-bond acceptors (Lipinski definition) is 14. The number of carbonyl (C=O) groups excluding carboxylic acids is 4. The number of piperidine rings is 2. The lowest BCUT2D eigenvalue weighted by molar-refractivity contribution is -0.140. The molecule has 1 unspecified atom stereocenters. The summed E-state index contributed by atoms with van der Waals surface area (Å²) in [6.45, 7) is 6.09. The van der Waals surface area contributed by atoms with Crippen molar-refractivity contribution in [2.75, 3.05) is 105 Å². The summed E-state index contributed by atoms with van der Waals surface area (Å²) in [7, 11) is 0. The minimum Gasteiger partial charge on any atom is -0.481 e. The van der Waals surface area contributed by atoms with Crippen LogP contribution in [0, 0.1) is 23.7 Å². The molecule has 370 valence electrons. The SMILES string of the molecule is CC(C(=O)CCC(=O)NCCC#Cc1cncc([C@H](CC(=O)O)CC(=O)[C@@H]2CCCN(C(=O)CCC3CCNCC3)C2)c1)N1CCN(CC(=O)O)CCN(CC(=O)O)CCN(CC(=O)O)CC1. The van der Waals surface area contributed by atoms with E-state index in [9.17, 15) is 58.8 Å². The largest absolute Gasteiger partial charge is 0.481 e. The summed E-state index contributed by atoms with van der Waals surface area (Å²) in [4.78, 5) is 112. The number of pyridine rings is 1. The summed E-state index contributed by atoms with van der Waals surface area (Å²) < 4.78 is 0. The number of nitrogens with one attached hydrogen (secondary N) is 2. The van der Waals surface area contributed by atoms with Crippen molar-refractivity contribution in [3.63, 3.8) is 0 Å². The third kappa shape index (κ3) is 20.6. The fourth-order valence-electron chi connectivity index (χ4n) is 8.95. The summed E-state index contributed by atoms with van der Waals surface area (Å²) in [6, 6.07) is 1.07. The van der Waals surface area contributed by atoms with Crippen molar-refractivity contribution in [1.82, 2.24) is 40.1 Å². The summed E-state index contributed by atoms with van der Waals surface area (Å²) >= 11 is 0. The van der Waals surface area contributed by atoms with Crippen molar-refractivity contribution >= 4 is 47.3 Å². The number of rotatable bonds is 22. The first-order valence-corrected chi connectivity index (χ1v) is 23.6. The van der Waals surface area contributed by atoms with E-state index in [0.717, 1.165) is 38.8 Å². The van der Waals surface area contributed by atoms with Gasteiger partial charge >= 0.3 is 23.9 Å². The van der Waals surface area contributed by atoms with Crippen LogP contribution in [0.2, 0.25) is 0 Å². The van der Waals surface area contributed by atoms with Gasteiger partial charge in [-0.1, -0.05) is 11.8 Å². The molecule has 20 heteroatoms. The van der Waals surface area contributed by atoms with Crippen molar-refractivity contribution in [3.05, 3.63) is 29.6 Å². The van der Waals surface area contributed by atoms with E-state index in [4.69, 9.17) is 0 Å². The molecule has 1 aromatic heterocycles. The molecule has 4 rings (SSSR count). The molecule has 0 radical (unpaired) electrons. The molecular weight excluding hydrogens is 869 g/mol. The van der Waals surface area contributed by atoms with Crippen LogP contribution in [-0.2, 0) is 38.4 Å². The third-order valence-corrected chi connectivity index (χ3v) is 12.9. The van der Waals surface area contributed by atoms with Gasteiger partial charge in [0, 0.05) is 134 Å². The Morgan fingerprint density at radius 1 is 0.746 bits per heavy atom. The Hall–Kier alpha value is -5.33. The van der Waals surface area contributed by atoms with Crippen LogP contribution < -0.4 is 10.6 Å². The van der Waals surface area contributed by atoms with Crippen LogP contribution in [0.3, 0.4) is 0 Å². The van der Waals surface area contributed by atoms with E-state index in [2.05, 4.69) is 27.5 Å². The fraction of sp³-hybridized carbons (Fsp3) is 0.681. The van der Waals surface area contributed by atoms with Crippen LogP contribution in [0.1, 0.15) is 94.6 Å². The Kier molecular flexibility index (Phi) is 23.3. The van der Waals surface area contributed by atoms with E-state index in [1.807, 2.05) is 4.90 Å². The molecule has 3 aliphatic heterocycles. The first-order valence-electron chi connectivity index (χ1n) is 23.6. The van der Waals surface area contributed by atoms with Crippen molar-refractivity contribution in [2.24, 2.45) is 11.8 Å². The number of carboxylic acids is 4. The predicted molar refractivity (Wildman–Crippen MR) is 245 cm³/mol. The summed E-state index contributed by atoms with van der Waals surface area (Å²) in [5.74, 6) is 0.788. The second-order valence-corrected chi connectivity index (χ2v) is 18.0. The first kappa shape index (κ1) is 54.3. The maximum absolute atomic E-state index is 13.6. The normalized spacial score (nSPS) is 19.7. The van der Waals surface area contributed by atoms with E-state index in [-0.39, 0.29) is 140 Å². The minimum atomic E-state index is -1.05. The number of carbonyl (C=O) groups is 8. The number of likely N-dealkylation sites (tertiary alicyclic amines) is 1. The van der Waals surface area contributed by atoms with Crippen LogP contribution in [0.5, 0.6) is 0 Å². The van der Waals surface area contributed by atoms with E-state index >= 15 is 0 Å². The lowest BCUT2D eigenvalue weighted by atomic mass is 9.84. The van der Waals surface area contributed by atoms with Crippen LogP contribution in [-0.4, -0.2) is 208 Å². The van der Waals surface area contributed by atoms with E-state index in [1.54, 1.807) is 38.8 Å². The average molecular weight is 939 g/mol. The van der Waals surface area contributed by atoms with Gasteiger partial charge in [0.25, 0.3) is 0 Å². The maximum atomic E-state index is 13.6. The second-order valence-electron chi connectivity index (χ2n) is 18.0. The highest BCUT2D eigenvalue weighted by Gasteiger charge is 2.31. The molecule has 0 aliphatic carbocycles. The molecule has 1 aromatic rings. The predicted octanol–water partition coefficient (Wildman–Crippen LogP) is 0.689. The molecule has 0 bridgehead atoms. The van der Waals surface area contributed by atoms with E-state index in [1.165, 1.54) is 6.20 Å². The Morgan fingerprint density at radius 3 is 1.93 bits per heavy atom. The molecule has 20 nitrogen and oxygen atoms in total. The van der Waals surface area contributed by atoms with Gasteiger partial charge in [-0.25, -0.2) is 0 Å². The molecule has 0 saturated carbocycles. The van der Waals surface area contributed by atoms with E-state index < -0.39 is 35.8 Å². The molecular formula is C47H70N8O12. The van der Waals surface area contributed by atoms with Gasteiger partial charge in [0.05, 0.1) is 32.1 Å². The molecule has 67 heavy (non-hydrogen) atoms.